The Morgan fingerprint density at radius 2 is 2.08 bits per heavy atom. The van der Waals surface area contributed by atoms with E-state index in [0.29, 0.717) is 12.4 Å². The molecule has 0 heterocycles. The van der Waals surface area contributed by atoms with Crippen molar-refractivity contribution in [2.75, 3.05) is 13.7 Å². The van der Waals surface area contributed by atoms with Crippen LogP contribution in [0.3, 0.4) is 0 Å². The van der Waals surface area contributed by atoms with Crippen molar-refractivity contribution >= 4 is 0 Å². The van der Waals surface area contributed by atoms with E-state index in [1.165, 1.54) is 0 Å². The van der Waals surface area contributed by atoms with E-state index in [9.17, 15) is 5.11 Å². The van der Waals surface area contributed by atoms with Crippen LogP contribution in [-0.2, 0) is 4.74 Å². The van der Waals surface area contributed by atoms with Gasteiger partial charge in [-0.3, -0.25) is 0 Å². The van der Waals surface area contributed by atoms with Gasteiger partial charge in [-0.25, -0.2) is 0 Å². The molecular formula is C10H16O2. The monoisotopic (exact) mass is 168 g/mol. The highest BCUT2D eigenvalue weighted by Gasteiger charge is 1.89. The molecule has 0 aromatic carbocycles. The van der Waals surface area contributed by atoms with Gasteiger partial charge in [-0.1, -0.05) is 18.2 Å². The van der Waals surface area contributed by atoms with Crippen molar-refractivity contribution in [3.05, 3.63) is 35.6 Å². The number of methoxy groups -OCH3 is 1. The summed E-state index contributed by atoms with van der Waals surface area (Å²) in [4.78, 5) is 0. The molecule has 0 aliphatic heterocycles. The fourth-order valence-corrected chi connectivity index (χ4v) is 0.696. The molecule has 2 heteroatoms. The maximum Gasteiger partial charge on any atom is 0.118 e. The van der Waals surface area contributed by atoms with Crippen LogP contribution in [0, 0.1) is 0 Å². The van der Waals surface area contributed by atoms with Crippen LogP contribution in [-0.4, -0.2) is 18.8 Å². The normalized spacial score (nSPS) is 14.2. The second kappa shape index (κ2) is 6.68. The van der Waals surface area contributed by atoms with Crippen LogP contribution in [0.2, 0.25) is 0 Å². The van der Waals surface area contributed by atoms with E-state index in [2.05, 4.69) is 0 Å². The van der Waals surface area contributed by atoms with Crippen LogP contribution in [0.1, 0.15) is 13.8 Å². The van der Waals surface area contributed by atoms with E-state index in [1.54, 1.807) is 19.3 Å². The molecule has 0 aliphatic rings. The number of rotatable bonds is 4. The van der Waals surface area contributed by atoms with Crippen molar-refractivity contribution in [2.45, 2.75) is 13.8 Å². The SMILES string of the molecule is C\C=C/C(O)=C(C)\C=C\COC. The van der Waals surface area contributed by atoms with Crippen molar-refractivity contribution < 1.29 is 9.84 Å². The molecule has 0 saturated carbocycles. The van der Waals surface area contributed by atoms with Crippen molar-refractivity contribution in [1.29, 1.82) is 0 Å². The minimum Gasteiger partial charge on any atom is -0.508 e. The van der Waals surface area contributed by atoms with E-state index >= 15 is 0 Å². The molecule has 0 rings (SSSR count). The highest BCUT2D eigenvalue weighted by molar-refractivity contribution is 5.26. The van der Waals surface area contributed by atoms with Gasteiger partial charge < -0.3 is 9.84 Å². The molecule has 0 fully saturated rings. The molecule has 12 heavy (non-hydrogen) atoms. The number of ether oxygens (including phenoxy) is 1. The average Bonchev–Trinajstić information content (AvgIpc) is 2.05. The predicted molar refractivity (Wildman–Crippen MR) is 51.2 cm³/mol. The highest BCUT2D eigenvalue weighted by atomic mass is 16.5. The highest BCUT2D eigenvalue weighted by Crippen LogP contribution is 2.03. The lowest BCUT2D eigenvalue weighted by Crippen LogP contribution is -1.83. The molecule has 0 saturated heterocycles. The molecule has 0 atom stereocenters. The van der Waals surface area contributed by atoms with Gasteiger partial charge in [0.2, 0.25) is 0 Å². The lowest BCUT2D eigenvalue weighted by molar-refractivity contribution is 0.234. The molecule has 2 nitrogen and oxygen atoms in total. The maximum atomic E-state index is 9.32. The Bertz CT molecular complexity index is 200. The quantitative estimate of drug-likeness (QED) is 0.516. The van der Waals surface area contributed by atoms with Crippen molar-refractivity contribution in [3.8, 4) is 0 Å². The van der Waals surface area contributed by atoms with Crippen molar-refractivity contribution in [2.24, 2.45) is 0 Å². The molecule has 0 bridgehead atoms. The molecule has 68 valence electrons. The zero-order valence-electron chi connectivity index (χ0n) is 7.87. The first-order valence-electron chi connectivity index (χ1n) is 3.90. The van der Waals surface area contributed by atoms with Gasteiger partial charge in [0.05, 0.1) is 6.61 Å². The first-order chi connectivity index (χ1) is 5.72. The summed E-state index contributed by atoms with van der Waals surface area (Å²) < 4.78 is 4.82. The van der Waals surface area contributed by atoms with Gasteiger partial charge in [0, 0.05) is 7.11 Å². The summed E-state index contributed by atoms with van der Waals surface area (Å²) in [5.74, 6) is 0.296. The Hall–Kier alpha value is -1.02. The lowest BCUT2D eigenvalue weighted by Gasteiger charge is -1.95. The van der Waals surface area contributed by atoms with Crippen LogP contribution in [0.5, 0.6) is 0 Å². The standard InChI is InChI=1S/C10H16O2/c1-4-6-10(11)9(2)7-5-8-12-3/h4-7,11H,8H2,1-3H3/b6-4-,7-5+,10-9+. The van der Waals surface area contributed by atoms with Crippen LogP contribution < -0.4 is 0 Å². The smallest absolute Gasteiger partial charge is 0.118 e. The van der Waals surface area contributed by atoms with E-state index in [-0.39, 0.29) is 0 Å². The second-order valence-electron chi connectivity index (χ2n) is 2.43. The van der Waals surface area contributed by atoms with Crippen LogP contribution in [0.15, 0.2) is 35.6 Å². The van der Waals surface area contributed by atoms with Gasteiger partial charge in [0.1, 0.15) is 5.76 Å². The Morgan fingerprint density at radius 3 is 2.58 bits per heavy atom. The molecule has 0 aromatic heterocycles. The molecule has 0 aromatic rings. The van der Waals surface area contributed by atoms with Gasteiger partial charge >= 0.3 is 0 Å². The summed E-state index contributed by atoms with van der Waals surface area (Å²) in [6.45, 7) is 4.28. The molecule has 0 aliphatic carbocycles. The molecule has 0 unspecified atom stereocenters. The van der Waals surface area contributed by atoms with E-state index in [0.717, 1.165) is 5.57 Å². The average molecular weight is 168 g/mol. The maximum absolute atomic E-state index is 9.32. The summed E-state index contributed by atoms with van der Waals surface area (Å²) in [5.41, 5.74) is 0.838. The van der Waals surface area contributed by atoms with Gasteiger partial charge in [-0.15, -0.1) is 0 Å². The zero-order chi connectivity index (χ0) is 9.40. The molecular weight excluding hydrogens is 152 g/mol. The Kier molecular flexibility index (Phi) is 6.11. The number of allylic oxidation sites excluding steroid dienone is 4. The topological polar surface area (TPSA) is 29.5 Å². The number of aliphatic hydroxyl groups is 1. The number of hydrogen-bond acceptors (Lipinski definition) is 2. The van der Waals surface area contributed by atoms with E-state index < -0.39 is 0 Å². The molecule has 0 radical (unpaired) electrons. The van der Waals surface area contributed by atoms with Gasteiger partial charge in [0.15, 0.2) is 0 Å². The molecule has 0 amide bonds. The lowest BCUT2D eigenvalue weighted by atomic mass is 10.2. The first kappa shape index (κ1) is 11.0. The van der Waals surface area contributed by atoms with E-state index in [1.807, 2.05) is 26.0 Å². The summed E-state index contributed by atoms with van der Waals surface area (Å²) in [7, 11) is 1.63. The van der Waals surface area contributed by atoms with Crippen LogP contribution in [0.25, 0.3) is 0 Å². The second-order valence-corrected chi connectivity index (χ2v) is 2.43. The summed E-state index contributed by atoms with van der Waals surface area (Å²) in [6.07, 6.45) is 7.14. The third-order valence-electron chi connectivity index (χ3n) is 1.36. The number of aliphatic hydroxyl groups excluding tert-OH is 1. The van der Waals surface area contributed by atoms with Crippen LogP contribution >= 0.6 is 0 Å². The molecule has 1 N–H and O–H groups in total. The van der Waals surface area contributed by atoms with E-state index in [4.69, 9.17) is 4.74 Å². The van der Waals surface area contributed by atoms with Gasteiger partial charge in [-0.2, -0.15) is 0 Å². The Balaban J connectivity index is 4.15. The third-order valence-corrected chi connectivity index (χ3v) is 1.36. The predicted octanol–water partition coefficient (Wildman–Crippen LogP) is 2.60. The fourth-order valence-electron chi connectivity index (χ4n) is 0.696. The molecule has 0 spiro atoms. The van der Waals surface area contributed by atoms with Crippen LogP contribution in [0.4, 0.5) is 0 Å². The summed E-state index contributed by atoms with van der Waals surface area (Å²) >= 11 is 0. The minimum atomic E-state index is 0.296. The fraction of sp³-hybridized carbons (Fsp3) is 0.400. The Morgan fingerprint density at radius 1 is 1.42 bits per heavy atom. The van der Waals surface area contributed by atoms with Crippen molar-refractivity contribution in [1.82, 2.24) is 0 Å². The Labute approximate surface area is 73.9 Å². The zero-order valence-corrected chi connectivity index (χ0v) is 7.87. The number of hydrogen-bond donors (Lipinski definition) is 1. The minimum absolute atomic E-state index is 0.296. The van der Waals surface area contributed by atoms with Crippen molar-refractivity contribution in [3.63, 3.8) is 0 Å². The first-order valence-corrected chi connectivity index (χ1v) is 3.90. The summed E-state index contributed by atoms with van der Waals surface area (Å²) in [5, 5.41) is 9.32. The summed E-state index contributed by atoms with van der Waals surface area (Å²) in [6, 6.07) is 0. The van der Waals surface area contributed by atoms with Gasteiger partial charge in [-0.05, 0) is 25.5 Å². The largest absolute Gasteiger partial charge is 0.508 e. The third kappa shape index (κ3) is 4.74. The van der Waals surface area contributed by atoms with Gasteiger partial charge in [0.25, 0.3) is 0 Å².